The Balaban J connectivity index is 1.76. The second kappa shape index (κ2) is 7.36. The van der Waals surface area contributed by atoms with Gasteiger partial charge in [-0.05, 0) is 13.3 Å². The maximum Gasteiger partial charge on any atom is 0.224 e. The molecule has 2 rings (SSSR count). The third-order valence-electron chi connectivity index (χ3n) is 3.66. The Labute approximate surface area is 114 Å². The molecule has 1 N–H and O–H groups in total. The van der Waals surface area contributed by atoms with Crippen molar-refractivity contribution in [2.45, 2.75) is 25.8 Å². The highest BCUT2D eigenvalue weighted by Crippen LogP contribution is 2.16. The van der Waals surface area contributed by atoms with Crippen LogP contribution in [0.15, 0.2) is 0 Å². The molecule has 0 saturated carbocycles. The summed E-state index contributed by atoms with van der Waals surface area (Å²) in [5, 5.41) is 3.43. The monoisotopic (exact) mass is 272 g/mol. The Morgan fingerprint density at radius 3 is 3.06 bits per heavy atom. The molecule has 2 fully saturated rings. The van der Waals surface area contributed by atoms with E-state index in [2.05, 4.69) is 12.2 Å². The summed E-state index contributed by atoms with van der Waals surface area (Å²) in [5.41, 5.74) is 0. The van der Waals surface area contributed by atoms with Crippen LogP contribution in [0.5, 0.6) is 0 Å². The molecule has 0 spiro atoms. The van der Waals surface area contributed by atoms with Crippen LogP contribution in [0, 0.1) is 5.92 Å². The van der Waals surface area contributed by atoms with Crippen LogP contribution in [-0.4, -0.2) is 61.2 Å². The summed E-state index contributed by atoms with van der Waals surface area (Å²) in [5.74, 6) is 3.07. The molecular weight excluding hydrogens is 248 g/mol. The van der Waals surface area contributed by atoms with Gasteiger partial charge in [0.2, 0.25) is 5.91 Å². The topological polar surface area (TPSA) is 41.6 Å². The van der Waals surface area contributed by atoms with Crippen molar-refractivity contribution in [2.24, 2.45) is 5.92 Å². The molecule has 0 aromatic carbocycles. The van der Waals surface area contributed by atoms with E-state index in [0.29, 0.717) is 24.3 Å². The lowest BCUT2D eigenvalue weighted by Gasteiger charge is -2.28. The first kappa shape index (κ1) is 14.2. The van der Waals surface area contributed by atoms with E-state index in [1.165, 1.54) is 5.75 Å². The van der Waals surface area contributed by atoms with Crippen molar-refractivity contribution in [3.05, 3.63) is 0 Å². The normalized spacial score (nSPS) is 28.3. The van der Waals surface area contributed by atoms with Crippen LogP contribution in [0.3, 0.4) is 0 Å². The zero-order valence-electron chi connectivity index (χ0n) is 11.2. The van der Waals surface area contributed by atoms with E-state index in [1.54, 1.807) is 0 Å². The highest BCUT2D eigenvalue weighted by Gasteiger charge is 2.24. The van der Waals surface area contributed by atoms with E-state index in [4.69, 9.17) is 4.74 Å². The summed E-state index contributed by atoms with van der Waals surface area (Å²) in [4.78, 5) is 14.3. The fourth-order valence-electron chi connectivity index (χ4n) is 2.54. The van der Waals surface area contributed by atoms with E-state index in [0.717, 1.165) is 45.0 Å². The number of hydrogen-bond donors (Lipinski definition) is 1. The maximum atomic E-state index is 12.3. The number of nitrogens with zero attached hydrogens (tertiary/aromatic N) is 1. The lowest BCUT2D eigenvalue weighted by molar-refractivity contribution is -0.132. The van der Waals surface area contributed by atoms with Gasteiger partial charge in [-0.15, -0.1) is 0 Å². The molecule has 2 unspecified atom stereocenters. The van der Waals surface area contributed by atoms with Crippen molar-refractivity contribution < 1.29 is 9.53 Å². The second-order valence-electron chi connectivity index (χ2n) is 5.09. The number of carbonyl (C=O) groups excluding carboxylic acids is 1. The predicted octanol–water partition coefficient (Wildman–Crippen LogP) is 0.967. The van der Waals surface area contributed by atoms with E-state index in [9.17, 15) is 4.79 Å². The lowest BCUT2D eigenvalue weighted by atomic mass is 10.1. The molecule has 5 heteroatoms. The summed E-state index contributed by atoms with van der Waals surface area (Å²) >= 11 is 1.94. The molecule has 0 aromatic rings. The van der Waals surface area contributed by atoms with Crippen molar-refractivity contribution >= 4 is 17.7 Å². The van der Waals surface area contributed by atoms with Gasteiger partial charge in [0.1, 0.15) is 0 Å². The molecule has 2 aliphatic heterocycles. The molecule has 2 atom stereocenters. The van der Waals surface area contributed by atoms with Crippen LogP contribution in [-0.2, 0) is 9.53 Å². The first-order valence-corrected chi connectivity index (χ1v) is 8.11. The third kappa shape index (κ3) is 4.14. The first-order valence-electron chi connectivity index (χ1n) is 6.96. The molecule has 0 radical (unpaired) electrons. The largest absolute Gasteiger partial charge is 0.381 e. The lowest BCUT2D eigenvalue weighted by Crippen LogP contribution is -2.43. The molecule has 1 amide bonds. The zero-order valence-corrected chi connectivity index (χ0v) is 12.0. The number of amides is 1. The van der Waals surface area contributed by atoms with E-state index in [1.807, 2.05) is 16.7 Å². The number of carbonyl (C=O) groups is 1. The van der Waals surface area contributed by atoms with Gasteiger partial charge in [0.25, 0.3) is 0 Å². The highest BCUT2D eigenvalue weighted by atomic mass is 32.2. The van der Waals surface area contributed by atoms with Crippen LogP contribution in [0.25, 0.3) is 0 Å². The summed E-state index contributed by atoms with van der Waals surface area (Å²) in [6, 6.07) is 0.366. The minimum atomic E-state index is 0.296. The first-order chi connectivity index (χ1) is 8.79. The van der Waals surface area contributed by atoms with Crippen LogP contribution in [0.4, 0.5) is 0 Å². The quantitative estimate of drug-likeness (QED) is 0.809. The van der Waals surface area contributed by atoms with Gasteiger partial charge in [0, 0.05) is 56.1 Å². The fraction of sp³-hybridized carbons (Fsp3) is 0.923. The second-order valence-corrected chi connectivity index (χ2v) is 6.24. The molecule has 4 nitrogen and oxygen atoms in total. The zero-order chi connectivity index (χ0) is 12.8. The molecule has 104 valence electrons. The molecule has 0 bridgehead atoms. The Kier molecular flexibility index (Phi) is 5.79. The van der Waals surface area contributed by atoms with Crippen LogP contribution in [0.1, 0.15) is 19.8 Å². The van der Waals surface area contributed by atoms with Gasteiger partial charge in [-0.25, -0.2) is 0 Å². The Bertz CT molecular complexity index is 264. The van der Waals surface area contributed by atoms with Crippen LogP contribution >= 0.6 is 11.8 Å². The molecule has 18 heavy (non-hydrogen) atoms. The Hall–Kier alpha value is -0.260. The van der Waals surface area contributed by atoms with Crippen molar-refractivity contribution in [3.63, 3.8) is 0 Å². The Morgan fingerprint density at radius 1 is 1.56 bits per heavy atom. The SMILES string of the molecule is CCN(CC1CCOC1)C(=O)CC1CSCCN1. The Morgan fingerprint density at radius 2 is 2.44 bits per heavy atom. The van der Waals surface area contributed by atoms with Gasteiger partial charge in [0.15, 0.2) is 0 Å². The minimum Gasteiger partial charge on any atom is -0.381 e. The van der Waals surface area contributed by atoms with E-state index >= 15 is 0 Å². The smallest absolute Gasteiger partial charge is 0.224 e. The number of thioether (sulfide) groups is 1. The summed E-state index contributed by atoms with van der Waals surface area (Å²) in [6.07, 6.45) is 1.75. The minimum absolute atomic E-state index is 0.296. The molecule has 0 aromatic heterocycles. The van der Waals surface area contributed by atoms with Crippen LogP contribution < -0.4 is 5.32 Å². The standard InChI is InChI=1S/C13H24N2O2S/c1-2-15(8-11-3-5-17-9-11)13(16)7-12-10-18-6-4-14-12/h11-12,14H,2-10H2,1H3. The van der Waals surface area contributed by atoms with Gasteiger partial charge in [-0.1, -0.05) is 0 Å². The summed E-state index contributed by atoms with van der Waals surface area (Å²) in [6.45, 7) is 6.46. The number of nitrogens with one attached hydrogen (secondary N) is 1. The molecule has 2 heterocycles. The molecular formula is C13H24N2O2S. The molecule has 0 aliphatic carbocycles. The van der Waals surface area contributed by atoms with Crippen LogP contribution in [0.2, 0.25) is 0 Å². The van der Waals surface area contributed by atoms with Crippen molar-refractivity contribution in [1.29, 1.82) is 0 Å². The fourth-order valence-corrected chi connectivity index (χ4v) is 3.49. The maximum absolute atomic E-state index is 12.3. The summed E-state index contributed by atoms with van der Waals surface area (Å²) in [7, 11) is 0. The highest BCUT2D eigenvalue weighted by molar-refractivity contribution is 7.99. The van der Waals surface area contributed by atoms with Gasteiger partial charge in [-0.3, -0.25) is 4.79 Å². The molecule has 2 saturated heterocycles. The van der Waals surface area contributed by atoms with Gasteiger partial charge in [0.05, 0.1) is 6.61 Å². The van der Waals surface area contributed by atoms with Crippen molar-refractivity contribution in [1.82, 2.24) is 10.2 Å². The average Bonchev–Trinajstić information content (AvgIpc) is 2.90. The van der Waals surface area contributed by atoms with Crippen molar-refractivity contribution in [3.8, 4) is 0 Å². The number of hydrogen-bond acceptors (Lipinski definition) is 4. The predicted molar refractivity (Wildman–Crippen MR) is 74.9 cm³/mol. The van der Waals surface area contributed by atoms with E-state index in [-0.39, 0.29) is 0 Å². The van der Waals surface area contributed by atoms with Gasteiger partial charge >= 0.3 is 0 Å². The van der Waals surface area contributed by atoms with Gasteiger partial charge < -0.3 is 15.0 Å². The third-order valence-corrected chi connectivity index (χ3v) is 4.79. The van der Waals surface area contributed by atoms with E-state index < -0.39 is 0 Å². The summed E-state index contributed by atoms with van der Waals surface area (Å²) < 4.78 is 5.38. The average molecular weight is 272 g/mol. The number of rotatable bonds is 5. The number of ether oxygens (including phenoxy) is 1. The van der Waals surface area contributed by atoms with Gasteiger partial charge in [-0.2, -0.15) is 11.8 Å². The van der Waals surface area contributed by atoms with Crippen molar-refractivity contribution in [2.75, 3.05) is 44.4 Å². The molecule has 2 aliphatic rings.